The van der Waals surface area contributed by atoms with Gasteiger partial charge in [0.25, 0.3) is 5.91 Å². The van der Waals surface area contributed by atoms with E-state index in [0.717, 1.165) is 17.7 Å². The van der Waals surface area contributed by atoms with Crippen molar-refractivity contribution in [2.24, 2.45) is 0 Å². The Kier molecular flexibility index (Phi) is 5.20. The Hall–Kier alpha value is -2.57. The van der Waals surface area contributed by atoms with E-state index in [9.17, 15) is 18.0 Å². The molecule has 0 saturated heterocycles. The molecule has 0 unspecified atom stereocenters. The van der Waals surface area contributed by atoms with Crippen LogP contribution in [0.3, 0.4) is 0 Å². The smallest absolute Gasteiger partial charge is 0.416 e. The largest absolute Gasteiger partial charge is 0.484 e. The van der Waals surface area contributed by atoms with Gasteiger partial charge in [0, 0.05) is 12.4 Å². The molecule has 1 aromatic heterocycles. The van der Waals surface area contributed by atoms with Gasteiger partial charge in [-0.05, 0) is 48.9 Å². The third-order valence-corrected chi connectivity index (χ3v) is 3.14. The standard InChI is InChI=1S/C16H15F3N2O2/c1-11(12-6-8-20-9-7-12)21-15(22)10-23-14-4-2-13(3-5-14)16(17,18)19/h2-9,11H,10H2,1H3,(H,21,22)/t11-/m1/s1. The molecule has 4 nitrogen and oxygen atoms in total. The quantitative estimate of drug-likeness (QED) is 0.917. The molecular formula is C16H15F3N2O2. The van der Waals surface area contributed by atoms with Crippen LogP contribution in [-0.2, 0) is 11.0 Å². The fraction of sp³-hybridized carbons (Fsp3) is 0.250. The number of nitrogens with zero attached hydrogens (tertiary/aromatic N) is 1. The van der Waals surface area contributed by atoms with Crippen molar-refractivity contribution >= 4 is 5.91 Å². The van der Waals surface area contributed by atoms with Crippen LogP contribution >= 0.6 is 0 Å². The van der Waals surface area contributed by atoms with E-state index in [1.165, 1.54) is 12.1 Å². The Morgan fingerprint density at radius 3 is 2.35 bits per heavy atom. The molecule has 0 spiro atoms. The molecule has 23 heavy (non-hydrogen) atoms. The summed E-state index contributed by atoms with van der Waals surface area (Å²) in [6.07, 6.45) is -1.15. The van der Waals surface area contributed by atoms with Crippen LogP contribution in [0.15, 0.2) is 48.8 Å². The lowest BCUT2D eigenvalue weighted by atomic mass is 10.1. The van der Waals surface area contributed by atoms with Crippen molar-refractivity contribution in [3.05, 3.63) is 59.9 Å². The van der Waals surface area contributed by atoms with Gasteiger partial charge in [0.15, 0.2) is 6.61 Å². The predicted octanol–water partition coefficient (Wildman–Crippen LogP) is 3.36. The van der Waals surface area contributed by atoms with Crippen LogP contribution in [0.25, 0.3) is 0 Å². The zero-order valence-electron chi connectivity index (χ0n) is 12.3. The number of ether oxygens (including phenoxy) is 1. The fourth-order valence-electron chi connectivity index (χ4n) is 1.91. The first kappa shape index (κ1) is 16.8. The summed E-state index contributed by atoms with van der Waals surface area (Å²) in [7, 11) is 0. The van der Waals surface area contributed by atoms with E-state index in [0.29, 0.717) is 0 Å². The summed E-state index contributed by atoms with van der Waals surface area (Å²) in [6.45, 7) is 1.53. The maximum Gasteiger partial charge on any atom is 0.416 e. The molecule has 0 aliphatic rings. The fourth-order valence-corrected chi connectivity index (χ4v) is 1.91. The first-order chi connectivity index (χ1) is 10.9. The zero-order valence-corrected chi connectivity index (χ0v) is 12.3. The Balaban J connectivity index is 1.85. The van der Waals surface area contributed by atoms with Gasteiger partial charge in [-0.15, -0.1) is 0 Å². The number of carbonyl (C=O) groups is 1. The summed E-state index contributed by atoms with van der Waals surface area (Å²) >= 11 is 0. The topological polar surface area (TPSA) is 51.2 Å². The van der Waals surface area contributed by atoms with E-state index >= 15 is 0 Å². The number of aromatic nitrogens is 1. The number of pyridine rings is 1. The molecule has 0 radical (unpaired) electrons. The lowest BCUT2D eigenvalue weighted by Gasteiger charge is -2.14. The molecular weight excluding hydrogens is 309 g/mol. The van der Waals surface area contributed by atoms with E-state index in [2.05, 4.69) is 10.3 Å². The molecule has 0 bridgehead atoms. The van der Waals surface area contributed by atoms with Gasteiger partial charge >= 0.3 is 6.18 Å². The number of nitrogens with one attached hydrogen (secondary N) is 1. The molecule has 1 amide bonds. The van der Waals surface area contributed by atoms with E-state index in [4.69, 9.17) is 4.74 Å². The van der Waals surface area contributed by atoms with E-state index in [1.54, 1.807) is 24.5 Å². The zero-order chi connectivity index (χ0) is 16.9. The summed E-state index contributed by atoms with van der Waals surface area (Å²) in [6, 6.07) is 7.52. The highest BCUT2D eigenvalue weighted by Crippen LogP contribution is 2.30. The molecule has 1 N–H and O–H groups in total. The highest BCUT2D eigenvalue weighted by Gasteiger charge is 2.30. The number of hydrogen-bond acceptors (Lipinski definition) is 3. The van der Waals surface area contributed by atoms with Crippen molar-refractivity contribution in [2.75, 3.05) is 6.61 Å². The normalized spacial score (nSPS) is 12.5. The van der Waals surface area contributed by atoms with E-state index in [-0.39, 0.29) is 24.3 Å². The summed E-state index contributed by atoms with van der Waals surface area (Å²) in [5, 5.41) is 2.73. The van der Waals surface area contributed by atoms with Crippen LogP contribution in [0.5, 0.6) is 5.75 Å². The molecule has 1 heterocycles. The van der Waals surface area contributed by atoms with Gasteiger partial charge in [-0.2, -0.15) is 13.2 Å². The molecule has 0 aliphatic carbocycles. The van der Waals surface area contributed by atoms with E-state index < -0.39 is 11.7 Å². The Morgan fingerprint density at radius 2 is 1.78 bits per heavy atom. The van der Waals surface area contributed by atoms with Gasteiger partial charge in [-0.25, -0.2) is 0 Å². The minimum atomic E-state index is -4.39. The third-order valence-electron chi connectivity index (χ3n) is 3.14. The van der Waals surface area contributed by atoms with Crippen LogP contribution in [0.4, 0.5) is 13.2 Å². The van der Waals surface area contributed by atoms with Crippen molar-refractivity contribution in [3.63, 3.8) is 0 Å². The van der Waals surface area contributed by atoms with Crippen molar-refractivity contribution < 1.29 is 22.7 Å². The second-order valence-corrected chi connectivity index (χ2v) is 4.88. The third kappa shape index (κ3) is 4.98. The minimum Gasteiger partial charge on any atom is -0.484 e. The second kappa shape index (κ2) is 7.13. The predicted molar refractivity (Wildman–Crippen MR) is 77.7 cm³/mol. The molecule has 1 atom stereocenters. The summed E-state index contributed by atoms with van der Waals surface area (Å²) < 4.78 is 42.5. The molecule has 7 heteroatoms. The van der Waals surface area contributed by atoms with Gasteiger partial charge in [0.05, 0.1) is 11.6 Å². The molecule has 0 saturated carbocycles. The number of amides is 1. The van der Waals surface area contributed by atoms with Crippen LogP contribution in [0.1, 0.15) is 24.1 Å². The maximum atomic E-state index is 12.4. The number of benzene rings is 1. The highest BCUT2D eigenvalue weighted by molar-refractivity contribution is 5.78. The van der Waals surface area contributed by atoms with Crippen LogP contribution in [-0.4, -0.2) is 17.5 Å². The van der Waals surface area contributed by atoms with Crippen LogP contribution in [0, 0.1) is 0 Å². The van der Waals surface area contributed by atoms with Gasteiger partial charge in [0.1, 0.15) is 5.75 Å². The molecule has 0 aliphatic heterocycles. The lowest BCUT2D eigenvalue weighted by molar-refractivity contribution is -0.137. The first-order valence-electron chi connectivity index (χ1n) is 6.85. The Morgan fingerprint density at radius 1 is 1.17 bits per heavy atom. The number of rotatable bonds is 5. The number of alkyl halides is 3. The van der Waals surface area contributed by atoms with Gasteiger partial charge in [-0.3, -0.25) is 9.78 Å². The van der Waals surface area contributed by atoms with Gasteiger partial charge in [-0.1, -0.05) is 0 Å². The Bertz CT molecular complexity index is 643. The first-order valence-corrected chi connectivity index (χ1v) is 6.85. The minimum absolute atomic E-state index is 0.199. The van der Waals surface area contributed by atoms with Crippen molar-refractivity contribution in [1.29, 1.82) is 0 Å². The number of halogens is 3. The molecule has 1 aromatic carbocycles. The highest BCUT2D eigenvalue weighted by atomic mass is 19.4. The molecule has 122 valence electrons. The van der Waals surface area contributed by atoms with Gasteiger partial charge in [0.2, 0.25) is 0 Å². The van der Waals surface area contributed by atoms with E-state index in [1.807, 2.05) is 6.92 Å². The monoisotopic (exact) mass is 324 g/mol. The number of hydrogen-bond donors (Lipinski definition) is 1. The second-order valence-electron chi connectivity index (χ2n) is 4.88. The average Bonchev–Trinajstić information content (AvgIpc) is 2.53. The lowest BCUT2D eigenvalue weighted by Crippen LogP contribution is -2.31. The van der Waals surface area contributed by atoms with Crippen LogP contribution < -0.4 is 10.1 Å². The SMILES string of the molecule is C[C@@H](NC(=O)COc1ccc(C(F)(F)F)cc1)c1ccncc1. The molecule has 0 fully saturated rings. The molecule has 2 aromatic rings. The van der Waals surface area contributed by atoms with Crippen LogP contribution in [0.2, 0.25) is 0 Å². The van der Waals surface area contributed by atoms with Gasteiger partial charge < -0.3 is 10.1 Å². The van der Waals surface area contributed by atoms with Crippen molar-refractivity contribution in [2.45, 2.75) is 19.1 Å². The maximum absolute atomic E-state index is 12.4. The summed E-state index contributed by atoms with van der Waals surface area (Å²) in [5.41, 5.74) is 0.128. The summed E-state index contributed by atoms with van der Waals surface area (Å²) in [4.78, 5) is 15.7. The van der Waals surface area contributed by atoms with Crippen molar-refractivity contribution in [3.8, 4) is 5.75 Å². The van der Waals surface area contributed by atoms with Crippen molar-refractivity contribution in [1.82, 2.24) is 10.3 Å². The average molecular weight is 324 g/mol. The Labute approximate surface area is 131 Å². The summed E-state index contributed by atoms with van der Waals surface area (Å²) in [5.74, 6) is -0.168. The molecule has 2 rings (SSSR count). The number of carbonyl (C=O) groups excluding carboxylic acids is 1.